The minimum Gasteiger partial charge on any atom is -0.496 e. The summed E-state index contributed by atoms with van der Waals surface area (Å²) in [5, 5.41) is 0.325. The second-order valence-electron chi connectivity index (χ2n) is 3.69. The van der Waals surface area contributed by atoms with E-state index in [1.807, 2.05) is 30.0 Å². The van der Waals surface area contributed by atoms with E-state index in [-0.39, 0.29) is 6.04 Å². The van der Waals surface area contributed by atoms with Crippen molar-refractivity contribution >= 4 is 11.8 Å². The fourth-order valence-corrected chi connectivity index (χ4v) is 2.91. The summed E-state index contributed by atoms with van der Waals surface area (Å²) in [4.78, 5) is 0. The van der Waals surface area contributed by atoms with Crippen LogP contribution >= 0.6 is 11.8 Å². The molecule has 2 unspecified atom stereocenters. The quantitative estimate of drug-likeness (QED) is 0.828. The number of rotatable bonds is 6. The molecule has 3 heteroatoms. The van der Waals surface area contributed by atoms with Crippen molar-refractivity contribution in [2.45, 2.75) is 31.6 Å². The monoisotopic (exact) mass is 239 g/mol. The molecular weight excluding hydrogens is 218 g/mol. The van der Waals surface area contributed by atoms with Gasteiger partial charge in [-0.15, -0.1) is 0 Å². The van der Waals surface area contributed by atoms with E-state index in [1.54, 1.807) is 7.11 Å². The van der Waals surface area contributed by atoms with Gasteiger partial charge in [0.15, 0.2) is 0 Å². The number of hydrogen-bond donors (Lipinski definition) is 1. The Morgan fingerprint density at radius 1 is 1.31 bits per heavy atom. The highest BCUT2D eigenvalue weighted by atomic mass is 32.2. The standard InChI is InChI=1S/C13H21NOS/c1-4-11(14)13(16-5-2)10-8-6-7-9-12(10)15-3/h6-9,11,13H,4-5,14H2,1-3H3. The van der Waals surface area contributed by atoms with E-state index in [0.717, 1.165) is 17.9 Å². The molecule has 0 radical (unpaired) electrons. The van der Waals surface area contributed by atoms with Gasteiger partial charge in [-0.25, -0.2) is 0 Å². The summed E-state index contributed by atoms with van der Waals surface area (Å²) in [5.41, 5.74) is 7.40. The third-order valence-corrected chi connectivity index (χ3v) is 3.95. The summed E-state index contributed by atoms with van der Waals surface area (Å²) in [6.45, 7) is 4.29. The van der Waals surface area contributed by atoms with E-state index in [9.17, 15) is 0 Å². The second-order valence-corrected chi connectivity index (χ2v) is 5.11. The molecule has 2 nitrogen and oxygen atoms in total. The number of ether oxygens (including phenoxy) is 1. The van der Waals surface area contributed by atoms with Crippen LogP contribution in [0.4, 0.5) is 0 Å². The lowest BCUT2D eigenvalue weighted by atomic mass is 10.0. The van der Waals surface area contributed by atoms with E-state index < -0.39 is 0 Å². The topological polar surface area (TPSA) is 35.2 Å². The summed E-state index contributed by atoms with van der Waals surface area (Å²) in [6, 6.07) is 8.33. The number of methoxy groups -OCH3 is 1. The molecule has 0 fully saturated rings. The van der Waals surface area contributed by atoms with Crippen LogP contribution in [0.2, 0.25) is 0 Å². The van der Waals surface area contributed by atoms with E-state index >= 15 is 0 Å². The molecule has 90 valence electrons. The molecule has 0 spiro atoms. The van der Waals surface area contributed by atoms with Crippen molar-refractivity contribution in [1.29, 1.82) is 0 Å². The Balaban J connectivity index is 2.99. The van der Waals surface area contributed by atoms with E-state index in [1.165, 1.54) is 5.56 Å². The van der Waals surface area contributed by atoms with Gasteiger partial charge >= 0.3 is 0 Å². The molecule has 0 amide bonds. The number of hydrogen-bond acceptors (Lipinski definition) is 3. The van der Waals surface area contributed by atoms with Crippen LogP contribution in [0, 0.1) is 0 Å². The summed E-state index contributed by atoms with van der Waals surface area (Å²) in [6.07, 6.45) is 0.982. The van der Waals surface area contributed by atoms with Crippen LogP contribution in [0.1, 0.15) is 31.1 Å². The van der Waals surface area contributed by atoms with Crippen molar-refractivity contribution in [2.75, 3.05) is 12.9 Å². The van der Waals surface area contributed by atoms with Crippen LogP contribution < -0.4 is 10.5 Å². The Kier molecular flexibility index (Phi) is 5.71. The Morgan fingerprint density at radius 3 is 2.56 bits per heavy atom. The maximum absolute atomic E-state index is 6.18. The van der Waals surface area contributed by atoms with E-state index in [0.29, 0.717) is 5.25 Å². The highest BCUT2D eigenvalue weighted by Gasteiger charge is 2.21. The maximum Gasteiger partial charge on any atom is 0.123 e. The Morgan fingerprint density at radius 2 is 2.00 bits per heavy atom. The molecule has 1 aromatic rings. The summed E-state index contributed by atoms with van der Waals surface area (Å²) in [5.74, 6) is 2.01. The Bertz CT molecular complexity index is 317. The molecule has 1 rings (SSSR count). The van der Waals surface area contributed by atoms with Gasteiger partial charge in [0.2, 0.25) is 0 Å². The maximum atomic E-state index is 6.18. The van der Waals surface area contributed by atoms with Crippen LogP contribution in [0.25, 0.3) is 0 Å². The van der Waals surface area contributed by atoms with Gasteiger partial charge in [-0.1, -0.05) is 32.0 Å². The average Bonchev–Trinajstić information content (AvgIpc) is 2.35. The minimum atomic E-state index is 0.182. The van der Waals surface area contributed by atoms with Gasteiger partial charge in [-0.2, -0.15) is 11.8 Å². The van der Waals surface area contributed by atoms with Gasteiger partial charge in [0, 0.05) is 16.9 Å². The molecule has 0 aliphatic rings. The molecule has 0 saturated heterocycles. The third kappa shape index (κ3) is 3.16. The van der Waals surface area contributed by atoms with E-state index in [2.05, 4.69) is 19.9 Å². The first-order chi connectivity index (χ1) is 7.74. The minimum absolute atomic E-state index is 0.182. The smallest absolute Gasteiger partial charge is 0.123 e. The van der Waals surface area contributed by atoms with Gasteiger partial charge in [0.25, 0.3) is 0 Å². The van der Waals surface area contributed by atoms with E-state index in [4.69, 9.17) is 10.5 Å². The molecule has 0 aromatic heterocycles. The normalized spacial score (nSPS) is 14.5. The molecule has 0 aliphatic heterocycles. The van der Waals surface area contributed by atoms with Gasteiger partial charge in [-0.05, 0) is 18.2 Å². The lowest BCUT2D eigenvalue weighted by molar-refractivity contribution is 0.407. The number of thioether (sulfide) groups is 1. The highest BCUT2D eigenvalue weighted by molar-refractivity contribution is 7.99. The molecule has 16 heavy (non-hydrogen) atoms. The molecule has 0 aliphatic carbocycles. The zero-order valence-corrected chi connectivity index (χ0v) is 11.1. The Hall–Kier alpha value is -0.670. The molecule has 0 bridgehead atoms. The van der Waals surface area contributed by atoms with Crippen molar-refractivity contribution in [3.63, 3.8) is 0 Å². The predicted octanol–water partition coefficient (Wildman–Crippen LogP) is 3.23. The van der Waals surface area contributed by atoms with Gasteiger partial charge in [-0.3, -0.25) is 0 Å². The largest absolute Gasteiger partial charge is 0.496 e. The van der Waals surface area contributed by atoms with Crippen molar-refractivity contribution in [3.8, 4) is 5.75 Å². The Labute approximate surface area is 103 Å². The molecule has 1 aromatic carbocycles. The zero-order valence-electron chi connectivity index (χ0n) is 10.3. The van der Waals surface area contributed by atoms with Crippen molar-refractivity contribution in [1.82, 2.24) is 0 Å². The lowest BCUT2D eigenvalue weighted by Crippen LogP contribution is -2.26. The second kappa shape index (κ2) is 6.81. The number of benzene rings is 1. The van der Waals surface area contributed by atoms with Crippen LogP contribution in [-0.2, 0) is 0 Å². The molecular formula is C13H21NOS. The van der Waals surface area contributed by atoms with Gasteiger partial charge in [0.1, 0.15) is 5.75 Å². The summed E-state index contributed by atoms with van der Waals surface area (Å²) < 4.78 is 5.40. The molecule has 0 heterocycles. The first-order valence-electron chi connectivity index (χ1n) is 5.74. The number of nitrogens with two attached hydrogens (primary N) is 1. The first kappa shape index (κ1) is 13.4. The summed E-state index contributed by atoms with van der Waals surface area (Å²) >= 11 is 1.89. The summed E-state index contributed by atoms with van der Waals surface area (Å²) in [7, 11) is 1.71. The van der Waals surface area contributed by atoms with Crippen LogP contribution in [0.15, 0.2) is 24.3 Å². The SMILES string of the molecule is CCSC(c1ccccc1OC)C(N)CC. The number of para-hydroxylation sites is 1. The molecule has 2 N–H and O–H groups in total. The lowest BCUT2D eigenvalue weighted by Gasteiger charge is -2.24. The van der Waals surface area contributed by atoms with Crippen LogP contribution in [-0.4, -0.2) is 18.9 Å². The highest BCUT2D eigenvalue weighted by Crippen LogP contribution is 2.37. The average molecular weight is 239 g/mol. The zero-order chi connectivity index (χ0) is 12.0. The molecule has 0 saturated carbocycles. The van der Waals surface area contributed by atoms with Gasteiger partial charge in [0.05, 0.1) is 7.11 Å². The third-order valence-electron chi connectivity index (χ3n) is 2.65. The van der Waals surface area contributed by atoms with Crippen molar-refractivity contribution in [3.05, 3.63) is 29.8 Å². The first-order valence-corrected chi connectivity index (χ1v) is 6.79. The van der Waals surface area contributed by atoms with Crippen LogP contribution in [0.5, 0.6) is 5.75 Å². The fourth-order valence-electron chi connectivity index (χ4n) is 1.74. The predicted molar refractivity (Wildman–Crippen MR) is 72.1 cm³/mol. The van der Waals surface area contributed by atoms with Crippen molar-refractivity contribution < 1.29 is 4.74 Å². The van der Waals surface area contributed by atoms with Crippen molar-refractivity contribution in [2.24, 2.45) is 5.73 Å². The van der Waals surface area contributed by atoms with Crippen LogP contribution in [0.3, 0.4) is 0 Å². The van der Waals surface area contributed by atoms with Gasteiger partial charge < -0.3 is 10.5 Å². The fraction of sp³-hybridized carbons (Fsp3) is 0.538. The molecule has 2 atom stereocenters.